The third-order valence-corrected chi connectivity index (χ3v) is 3.99. The number of carbonyl (C=O) groups is 1. The highest BCUT2D eigenvalue weighted by Crippen LogP contribution is 2.26. The number of thioether (sulfide) groups is 1. The van der Waals surface area contributed by atoms with Gasteiger partial charge in [-0.05, 0) is 36.4 Å². The van der Waals surface area contributed by atoms with Gasteiger partial charge in [-0.3, -0.25) is 4.79 Å². The first-order chi connectivity index (χ1) is 9.54. The zero-order chi connectivity index (χ0) is 14.5. The zero-order valence-corrected chi connectivity index (χ0v) is 12.7. The monoisotopic (exact) mass is 326 g/mol. The molecule has 0 bridgehead atoms. The van der Waals surface area contributed by atoms with E-state index in [9.17, 15) is 4.79 Å². The Bertz CT molecular complexity index is 634. The van der Waals surface area contributed by atoms with E-state index < -0.39 is 0 Å². The van der Waals surface area contributed by atoms with Crippen LogP contribution < -0.4 is 11.1 Å². The van der Waals surface area contributed by atoms with Crippen LogP contribution in [-0.2, 0) is 4.79 Å². The van der Waals surface area contributed by atoms with E-state index in [2.05, 4.69) is 5.32 Å². The van der Waals surface area contributed by atoms with Crippen molar-refractivity contribution in [3.8, 4) is 0 Å². The number of benzene rings is 2. The topological polar surface area (TPSA) is 55.1 Å². The molecule has 20 heavy (non-hydrogen) atoms. The van der Waals surface area contributed by atoms with E-state index in [1.165, 1.54) is 11.8 Å². The Morgan fingerprint density at radius 1 is 1.20 bits per heavy atom. The molecule has 3 nitrogen and oxygen atoms in total. The lowest BCUT2D eigenvalue weighted by molar-refractivity contribution is -0.113. The highest BCUT2D eigenvalue weighted by atomic mass is 35.5. The van der Waals surface area contributed by atoms with Gasteiger partial charge in [0.15, 0.2) is 0 Å². The largest absolute Gasteiger partial charge is 0.399 e. The smallest absolute Gasteiger partial charge is 0.234 e. The number of amides is 1. The molecule has 0 aromatic heterocycles. The maximum absolute atomic E-state index is 11.9. The molecule has 3 N–H and O–H groups in total. The zero-order valence-electron chi connectivity index (χ0n) is 10.4. The molecular formula is C14H12Cl2N2OS. The van der Waals surface area contributed by atoms with E-state index >= 15 is 0 Å². The van der Waals surface area contributed by atoms with Crippen molar-refractivity contribution < 1.29 is 4.79 Å². The molecular weight excluding hydrogens is 315 g/mol. The molecule has 6 heteroatoms. The predicted molar refractivity (Wildman–Crippen MR) is 86.7 cm³/mol. The molecule has 2 rings (SSSR count). The maximum Gasteiger partial charge on any atom is 0.234 e. The molecule has 0 heterocycles. The Labute approximate surface area is 131 Å². The molecule has 0 unspecified atom stereocenters. The Morgan fingerprint density at radius 2 is 2.00 bits per heavy atom. The Morgan fingerprint density at radius 3 is 2.75 bits per heavy atom. The number of hydrogen-bond acceptors (Lipinski definition) is 3. The first-order valence-electron chi connectivity index (χ1n) is 5.78. The predicted octanol–water partition coefficient (Wildman–Crippen LogP) is 4.31. The Balaban J connectivity index is 1.94. The highest BCUT2D eigenvalue weighted by molar-refractivity contribution is 8.00. The number of halogens is 2. The molecule has 104 valence electrons. The fourth-order valence-electron chi connectivity index (χ4n) is 1.53. The van der Waals surface area contributed by atoms with Crippen molar-refractivity contribution in [2.45, 2.75) is 4.90 Å². The normalized spacial score (nSPS) is 10.3. The molecule has 0 radical (unpaired) electrons. The van der Waals surface area contributed by atoms with Gasteiger partial charge in [0, 0.05) is 15.6 Å². The number of nitrogens with two attached hydrogens (primary N) is 1. The first kappa shape index (κ1) is 15.0. The minimum absolute atomic E-state index is 0.151. The van der Waals surface area contributed by atoms with Gasteiger partial charge >= 0.3 is 0 Å². The summed E-state index contributed by atoms with van der Waals surface area (Å²) in [7, 11) is 0. The molecule has 0 aliphatic heterocycles. The fraction of sp³-hybridized carbons (Fsp3) is 0.0714. The van der Waals surface area contributed by atoms with E-state index in [4.69, 9.17) is 28.9 Å². The second-order valence-electron chi connectivity index (χ2n) is 4.03. The van der Waals surface area contributed by atoms with Crippen LogP contribution in [0, 0.1) is 0 Å². The molecule has 0 spiro atoms. The maximum atomic E-state index is 11.9. The second kappa shape index (κ2) is 6.88. The van der Waals surface area contributed by atoms with Crippen LogP contribution in [0.3, 0.4) is 0 Å². The third-order valence-electron chi connectivity index (χ3n) is 2.43. The van der Waals surface area contributed by atoms with Gasteiger partial charge in [0.2, 0.25) is 5.91 Å². The van der Waals surface area contributed by atoms with E-state index in [0.29, 0.717) is 21.4 Å². The summed E-state index contributed by atoms with van der Waals surface area (Å²) >= 11 is 13.2. The van der Waals surface area contributed by atoms with Gasteiger partial charge in [0.25, 0.3) is 0 Å². The lowest BCUT2D eigenvalue weighted by Crippen LogP contribution is -2.14. The molecule has 1 amide bonds. The number of hydrogen-bond donors (Lipinski definition) is 2. The number of rotatable bonds is 4. The van der Waals surface area contributed by atoms with Crippen LogP contribution in [0.15, 0.2) is 47.4 Å². The summed E-state index contributed by atoms with van der Waals surface area (Å²) in [4.78, 5) is 12.8. The van der Waals surface area contributed by atoms with Crippen molar-refractivity contribution in [2.24, 2.45) is 0 Å². The van der Waals surface area contributed by atoms with Crippen LogP contribution in [0.4, 0.5) is 11.4 Å². The molecule has 2 aromatic carbocycles. The molecule has 0 fully saturated rings. The lowest BCUT2D eigenvalue weighted by Gasteiger charge is -2.07. The molecule has 0 atom stereocenters. The van der Waals surface area contributed by atoms with E-state index in [1.54, 1.807) is 24.3 Å². The SMILES string of the molecule is Nc1cccc(SCC(=O)Nc2cc(Cl)ccc2Cl)c1. The van der Waals surface area contributed by atoms with Crippen molar-refractivity contribution >= 4 is 52.2 Å². The molecule has 0 saturated heterocycles. The summed E-state index contributed by atoms with van der Waals surface area (Å²) in [6.45, 7) is 0. The van der Waals surface area contributed by atoms with E-state index in [0.717, 1.165) is 4.90 Å². The van der Waals surface area contributed by atoms with Gasteiger partial charge in [-0.15, -0.1) is 11.8 Å². The summed E-state index contributed by atoms with van der Waals surface area (Å²) in [5.74, 6) is 0.119. The Kier molecular flexibility index (Phi) is 5.17. The van der Waals surface area contributed by atoms with E-state index in [1.807, 2.05) is 18.2 Å². The number of anilines is 2. The molecule has 0 aliphatic rings. The summed E-state index contributed by atoms with van der Waals surface area (Å²) in [6, 6.07) is 12.3. The van der Waals surface area contributed by atoms with Gasteiger partial charge in [-0.25, -0.2) is 0 Å². The standard InChI is InChI=1S/C14H12Cl2N2OS/c15-9-4-5-12(16)13(6-9)18-14(19)8-20-11-3-1-2-10(17)7-11/h1-7H,8,17H2,(H,18,19). The van der Waals surface area contributed by atoms with Gasteiger partial charge in [0.1, 0.15) is 0 Å². The van der Waals surface area contributed by atoms with Crippen LogP contribution in [0.1, 0.15) is 0 Å². The molecule has 0 saturated carbocycles. The number of carbonyl (C=O) groups excluding carboxylic acids is 1. The minimum Gasteiger partial charge on any atom is -0.399 e. The second-order valence-corrected chi connectivity index (χ2v) is 5.93. The van der Waals surface area contributed by atoms with Crippen LogP contribution in [0.25, 0.3) is 0 Å². The van der Waals surface area contributed by atoms with Crippen molar-refractivity contribution in [2.75, 3.05) is 16.8 Å². The van der Waals surface area contributed by atoms with Crippen molar-refractivity contribution in [3.63, 3.8) is 0 Å². The summed E-state index contributed by atoms with van der Waals surface area (Å²) in [6.07, 6.45) is 0. The average molecular weight is 327 g/mol. The van der Waals surface area contributed by atoms with Gasteiger partial charge < -0.3 is 11.1 Å². The summed E-state index contributed by atoms with van der Waals surface area (Å²) in [5, 5.41) is 3.71. The van der Waals surface area contributed by atoms with Crippen molar-refractivity contribution in [3.05, 3.63) is 52.5 Å². The summed E-state index contributed by atoms with van der Waals surface area (Å²) in [5.41, 5.74) is 6.86. The first-order valence-corrected chi connectivity index (χ1v) is 7.52. The quantitative estimate of drug-likeness (QED) is 0.650. The molecule has 2 aromatic rings. The molecule has 0 aliphatic carbocycles. The third kappa shape index (κ3) is 4.34. The number of nitrogen functional groups attached to an aromatic ring is 1. The van der Waals surface area contributed by atoms with Gasteiger partial charge in [-0.1, -0.05) is 29.3 Å². The van der Waals surface area contributed by atoms with Crippen molar-refractivity contribution in [1.82, 2.24) is 0 Å². The van der Waals surface area contributed by atoms with Crippen LogP contribution in [0.2, 0.25) is 10.0 Å². The lowest BCUT2D eigenvalue weighted by atomic mass is 10.3. The summed E-state index contributed by atoms with van der Waals surface area (Å²) < 4.78 is 0. The van der Waals surface area contributed by atoms with Crippen LogP contribution in [0.5, 0.6) is 0 Å². The highest BCUT2D eigenvalue weighted by Gasteiger charge is 2.07. The average Bonchev–Trinajstić information content (AvgIpc) is 2.41. The van der Waals surface area contributed by atoms with Crippen LogP contribution >= 0.6 is 35.0 Å². The minimum atomic E-state index is -0.151. The van der Waals surface area contributed by atoms with Crippen molar-refractivity contribution in [1.29, 1.82) is 0 Å². The fourth-order valence-corrected chi connectivity index (χ4v) is 2.63. The Hall–Kier alpha value is -1.36. The van der Waals surface area contributed by atoms with E-state index in [-0.39, 0.29) is 11.7 Å². The van der Waals surface area contributed by atoms with Gasteiger partial charge in [-0.2, -0.15) is 0 Å². The number of nitrogens with one attached hydrogen (secondary N) is 1. The van der Waals surface area contributed by atoms with Crippen LogP contribution in [-0.4, -0.2) is 11.7 Å². The van der Waals surface area contributed by atoms with Gasteiger partial charge in [0.05, 0.1) is 16.5 Å².